The second-order valence-electron chi connectivity index (χ2n) is 26.7. The third-order valence-corrected chi connectivity index (χ3v) is 26.5. The smallest absolute Gasteiger partial charge is 0.344 e. The van der Waals surface area contributed by atoms with Crippen LogP contribution in [0.3, 0.4) is 0 Å². The molecule has 458 valence electrons. The molecule has 85 heavy (non-hydrogen) atoms. The van der Waals surface area contributed by atoms with Gasteiger partial charge in [-0.3, -0.25) is 23.6 Å². The summed E-state index contributed by atoms with van der Waals surface area (Å²) in [6.45, 7) is 22.2. The fourth-order valence-corrected chi connectivity index (χ4v) is 18.7. The van der Waals surface area contributed by atoms with Crippen molar-refractivity contribution in [2.24, 2.45) is 11.3 Å². The molecule has 1 aromatic heterocycles. The van der Waals surface area contributed by atoms with Crippen LogP contribution in [0.2, 0.25) is 18.1 Å². The van der Waals surface area contributed by atoms with E-state index in [1.54, 1.807) is 31.4 Å². The number of nitrogens with zero attached hydrogens (tertiary/aromatic N) is 3. The number of esters is 3. The minimum atomic E-state index is -4.29. The van der Waals surface area contributed by atoms with Crippen molar-refractivity contribution in [2.75, 3.05) is 66.1 Å². The van der Waals surface area contributed by atoms with Crippen molar-refractivity contribution in [2.45, 2.75) is 163 Å². The molecule has 5 aliphatic rings. The standard InChI is InChI=1S/C67H88N4O12SSi/c1-15-64-32-22-35-70-36-33-65(57(64)70)51-37-52(55(78-10)38-54(51)69(9)58(65)67(75,61(74)80-12)59(64)82-45(4)72)66(60(73)79-11)40-46(39-63(8,83-85(13,14)62(5,6)7)42-81-84(76,77)48-30-28-43(2)29-31-48)41-71(44(3)47-23-17-16-18-24-47)34-21-26-50-49-25-19-20-27-53(49)68-56(50)66/h16-20,22-25,27-32,37-38,44,46,57-59,68,75H,15,21,26,33-36,39-42H2,1-14H3/t44-,46-,57-,58+,59+,63-,64+,65+,66-,67-/m0/s1. The number of nitrogens with one attached hydrogen (secondary N) is 1. The second kappa shape index (κ2) is 22.7. The highest BCUT2D eigenvalue weighted by Crippen LogP contribution is 2.68. The predicted octanol–water partition coefficient (Wildman–Crippen LogP) is 10.5. The molecule has 0 bridgehead atoms. The van der Waals surface area contributed by atoms with Crippen molar-refractivity contribution in [3.8, 4) is 5.75 Å². The third-order valence-electron chi connectivity index (χ3n) is 20.6. The van der Waals surface area contributed by atoms with Gasteiger partial charge in [-0.2, -0.15) is 8.42 Å². The van der Waals surface area contributed by atoms with E-state index in [0.29, 0.717) is 74.6 Å². The van der Waals surface area contributed by atoms with Gasteiger partial charge in [0, 0.05) is 83.9 Å². The first-order valence-electron chi connectivity index (χ1n) is 30.1. The SMILES string of the molecule is CC[C@]12C=CCN3CC[C@@]4(c5cc([C@@]6(C(=O)OC)C[C@H](C[C@@](C)(COS(=O)(=O)c7ccc(C)cc7)O[Si](C)(C)C(C)(C)C)CN([C@@H](C)c7ccccc7)CCCc7c6[nH]c6ccccc76)c(OC)cc5N(C)[C@H]4[C@@](O)(C(=O)OC)[C@@H]1OC(C)=O)[C@@H]32. The van der Waals surface area contributed by atoms with Gasteiger partial charge in [0.05, 0.1) is 44.5 Å². The number of carbonyl (C=O) groups excluding carboxylic acids is 3. The lowest BCUT2D eigenvalue weighted by molar-refractivity contribution is -0.228. The van der Waals surface area contributed by atoms with Gasteiger partial charge >= 0.3 is 17.9 Å². The van der Waals surface area contributed by atoms with Crippen molar-refractivity contribution in [3.05, 3.63) is 137 Å². The zero-order valence-electron chi connectivity index (χ0n) is 52.2. The molecular weight excluding hydrogens is 1110 g/mol. The highest BCUT2D eigenvalue weighted by atomic mass is 32.2. The molecule has 1 saturated heterocycles. The van der Waals surface area contributed by atoms with Gasteiger partial charge in [0.2, 0.25) is 5.60 Å². The maximum atomic E-state index is 16.5. The molecule has 1 aliphatic carbocycles. The molecule has 0 radical (unpaired) electrons. The Morgan fingerprint density at radius 1 is 0.894 bits per heavy atom. The lowest BCUT2D eigenvalue weighted by Crippen LogP contribution is -2.81. The zero-order valence-corrected chi connectivity index (χ0v) is 54.0. The largest absolute Gasteiger partial charge is 0.496 e. The molecule has 18 heteroatoms. The Morgan fingerprint density at radius 2 is 1.58 bits per heavy atom. The summed E-state index contributed by atoms with van der Waals surface area (Å²) in [6.07, 6.45) is 5.28. The van der Waals surface area contributed by atoms with Gasteiger partial charge in [-0.25, -0.2) is 4.79 Å². The van der Waals surface area contributed by atoms with E-state index >= 15 is 4.79 Å². The molecule has 4 aromatic carbocycles. The third kappa shape index (κ3) is 10.2. The van der Waals surface area contributed by atoms with Gasteiger partial charge in [0.15, 0.2) is 14.4 Å². The summed E-state index contributed by atoms with van der Waals surface area (Å²) in [7, 11) is -0.945. The van der Waals surface area contributed by atoms with Gasteiger partial charge < -0.3 is 38.4 Å². The molecule has 4 aliphatic heterocycles. The molecule has 1 saturated carbocycles. The molecule has 2 N–H and O–H groups in total. The normalized spacial score (nSPS) is 28.1. The van der Waals surface area contributed by atoms with E-state index in [9.17, 15) is 23.1 Å². The quantitative estimate of drug-likeness (QED) is 0.0312. The van der Waals surface area contributed by atoms with E-state index in [0.717, 1.165) is 33.2 Å². The van der Waals surface area contributed by atoms with Gasteiger partial charge in [-0.15, -0.1) is 0 Å². The summed E-state index contributed by atoms with van der Waals surface area (Å²) in [4.78, 5) is 55.4. The lowest BCUT2D eigenvalue weighted by Gasteiger charge is -2.63. The van der Waals surface area contributed by atoms with Crippen LogP contribution in [0.15, 0.2) is 108 Å². The van der Waals surface area contributed by atoms with Gasteiger partial charge in [0.25, 0.3) is 10.1 Å². The first kappa shape index (κ1) is 62.2. The highest BCUT2D eigenvalue weighted by molar-refractivity contribution is 7.86. The molecule has 2 fully saturated rings. The van der Waals surface area contributed by atoms with Crippen LogP contribution in [0, 0.1) is 18.3 Å². The number of aromatic nitrogens is 1. The summed E-state index contributed by atoms with van der Waals surface area (Å²) in [5, 5.41) is 14.4. The number of H-pyrrole nitrogens is 1. The van der Waals surface area contributed by atoms with Crippen LogP contribution in [-0.2, 0) is 64.6 Å². The number of anilines is 1. The number of ether oxygens (including phenoxy) is 4. The maximum absolute atomic E-state index is 16.5. The topological polar surface area (TPSA) is 186 Å². The summed E-state index contributed by atoms with van der Waals surface area (Å²) in [5.41, 5.74) is -1.02. The van der Waals surface area contributed by atoms with E-state index < -0.39 is 87.9 Å². The molecule has 10 rings (SSSR count). The number of aromatic amines is 1. The molecule has 1 spiro atoms. The Labute approximate surface area is 503 Å². The van der Waals surface area contributed by atoms with Gasteiger partial charge in [-0.05, 0) is 137 Å². The maximum Gasteiger partial charge on any atom is 0.344 e. The Bertz CT molecular complexity index is 3490. The fraction of sp³-hybridized carbons (Fsp3) is 0.537. The minimum absolute atomic E-state index is 0.0390. The molecule has 0 unspecified atom stereocenters. The van der Waals surface area contributed by atoms with Crippen LogP contribution >= 0.6 is 0 Å². The number of hydrogen-bond acceptors (Lipinski definition) is 15. The molecule has 5 aromatic rings. The molecule has 5 heterocycles. The van der Waals surface area contributed by atoms with Crippen LogP contribution in [0.4, 0.5) is 5.69 Å². The van der Waals surface area contributed by atoms with Crippen LogP contribution in [0.5, 0.6) is 5.75 Å². The predicted molar refractivity (Wildman–Crippen MR) is 331 cm³/mol. The summed E-state index contributed by atoms with van der Waals surface area (Å²) in [5.74, 6) is -2.21. The molecule has 0 amide bonds. The van der Waals surface area contributed by atoms with Crippen molar-refractivity contribution < 1.29 is 55.5 Å². The number of fused-ring (bicyclic) bond motifs is 4. The van der Waals surface area contributed by atoms with E-state index in [1.807, 2.05) is 75.2 Å². The number of methoxy groups -OCH3 is 3. The Balaban J connectivity index is 1.25. The average molecular weight is 1200 g/mol. The number of likely N-dealkylation sites (N-methyl/N-ethyl adjacent to an activating group) is 1. The number of rotatable bonds is 16. The van der Waals surface area contributed by atoms with Crippen LogP contribution in [0.1, 0.15) is 120 Å². The minimum Gasteiger partial charge on any atom is -0.496 e. The Kier molecular flexibility index (Phi) is 16.6. The number of hydrogen-bond donors (Lipinski definition) is 2. The number of aryl methyl sites for hydroxylation is 2. The number of aliphatic hydroxyl groups is 1. The van der Waals surface area contributed by atoms with E-state index in [1.165, 1.54) is 21.1 Å². The zero-order chi connectivity index (χ0) is 61.5. The monoisotopic (exact) mass is 1200 g/mol. The summed E-state index contributed by atoms with van der Waals surface area (Å²) < 4.78 is 67.3. The second-order valence-corrected chi connectivity index (χ2v) is 33.0. The fourth-order valence-electron chi connectivity index (χ4n) is 16.0. The first-order valence-corrected chi connectivity index (χ1v) is 34.4. The van der Waals surface area contributed by atoms with Crippen molar-refractivity contribution in [1.82, 2.24) is 14.8 Å². The number of para-hydroxylation sites is 1. The molecular formula is C67H88N4O12SSi. The number of carbonyl (C=O) groups is 3. The summed E-state index contributed by atoms with van der Waals surface area (Å²) >= 11 is 0. The van der Waals surface area contributed by atoms with Crippen molar-refractivity contribution >= 4 is 52.9 Å². The van der Waals surface area contributed by atoms with Crippen molar-refractivity contribution in [3.63, 3.8) is 0 Å². The summed E-state index contributed by atoms with van der Waals surface area (Å²) in [6, 6.07) is 27.6. The van der Waals surface area contributed by atoms with Crippen LogP contribution < -0.4 is 9.64 Å². The molecule has 10 atom stereocenters. The van der Waals surface area contributed by atoms with Crippen LogP contribution in [0.25, 0.3) is 10.9 Å². The van der Waals surface area contributed by atoms with Crippen molar-refractivity contribution in [1.29, 1.82) is 0 Å². The van der Waals surface area contributed by atoms with E-state index in [4.69, 9.17) is 27.6 Å². The number of benzene rings is 4. The highest BCUT2D eigenvalue weighted by Gasteiger charge is 2.80. The van der Waals surface area contributed by atoms with E-state index in [-0.39, 0.29) is 35.4 Å². The lowest BCUT2D eigenvalue weighted by atomic mass is 9.47. The van der Waals surface area contributed by atoms with Gasteiger partial charge in [-0.1, -0.05) is 106 Å². The Morgan fingerprint density at radius 3 is 2.22 bits per heavy atom. The average Bonchev–Trinajstić information content (AvgIpc) is 1.53. The van der Waals surface area contributed by atoms with Gasteiger partial charge in [0.1, 0.15) is 11.2 Å². The Hall–Kier alpha value is -5.86. The first-order chi connectivity index (χ1) is 40.1. The van der Waals surface area contributed by atoms with E-state index in [2.05, 4.69) is 92.0 Å². The molecule has 16 nitrogen and oxygen atoms in total. The van der Waals surface area contributed by atoms with Crippen LogP contribution in [-0.4, -0.2) is 145 Å².